The van der Waals surface area contributed by atoms with Crippen LogP contribution in [0.15, 0.2) is 48.7 Å². The molecule has 6 nitrogen and oxygen atoms in total. The summed E-state index contributed by atoms with van der Waals surface area (Å²) in [6.45, 7) is 0.742. The minimum atomic E-state index is -0.714. The molecule has 1 saturated heterocycles. The first-order chi connectivity index (χ1) is 14.5. The van der Waals surface area contributed by atoms with Gasteiger partial charge in [0.2, 0.25) is 0 Å². The van der Waals surface area contributed by atoms with Gasteiger partial charge in [-0.3, -0.25) is 4.79 Å². The van der Waals surface area contributed by atoms with Crippen molar-refractivity contribution in [3.8, 4) is 0 Å². The molecular formula is C23H24ClN3O3. The summed E-state index contributed by atoms with van der Waals surface area (Å²) in [5.41, 5.74) is 9.29. The van der Waals surface area contributed by atoms with Crippen molar-refractivity contribution >= 4 is 34.0 Å². The zero-order valence-electron chi connectivity index (χ0n) is 16.7. The van der Waals surface area contributed by atoms with Gasteiger partial charge in [0.05, 0.1) is 30.0 Å². The van der Waals surface area contributed by atoms with Gasteiger partial charge in [0.15, 0.2) is 0 Å². The summed E-state index contributed by atoms with van der Waals surface area (Å²) in [5.74, 6) is -0.209. The Kier molecular flexibility index (Phi) is 5.90. The quantitative estimate of drug-likeness (QED) is 0.494. The molecule has 3 N–H and O–H groups in total. The fourth-order valence-corrected chi connectivity index (χ4v) is 4.14. The van der Waals surface area contributed by atoms with Gasteiger partial charge in [-0.05, 0) is 41.5 Å². The smallest absolute Gasteiger partial charge is 0.256 e. The highest BCUT2D eigenvalue weighted by Gasteiger charge is 2.31. The number of nitrogens with zero attached hydrogens (tertiary/aromatic N) is 2. The number of ether oxygens (including phenoxy) is 1. The minimum Gasteiger partial charge on any atom is -0.398 e. The summed E-state index contributed by atoms with van der Waals surface area (Å²) in [6.07, 6.45) is 2.20. The van der Waals surface area contributed by atoms with E-state index in [2.05, 4.69) is 4.98 Å². The van der Waals surface area contributed by atoms with Gasteiger partial charge in [-0.2, -0.15) is 0 Å². The molecule has 156 valence electrons. The molecule has 0 unspecified atom stereocenters. The Bertz CT molecular complexity index is 1070. The number of hydrogen-bond donors (Lipinski definition) is 2. The number of carbonyl (C=O) groups excluding carboxylic acids is 1. The Labute approximate surface area is 180 Å². The first-order valence-electron chi connectivity index (χ1n) is 9.89. The highest BCUT2D eigenvalue weighted by atomic mass is 35.5. The molecule has 0 bridgehead atoms. The van der Waals surface area contributed by atoms with E-state index in [4.69, 9.17) is 22.1 Å². The number of aromatic nitrogens is 1. The van der Waals surface area contributed by atoms with Gasteiger partial charge in [0, 0.05) is 25.2 Å². The lowest BCUT2D eigenvalue weighted by molar-refractivity contribution is -0.0523. The highest BCUT2D eigenvalue weighted by molar-refractivity contribution is 6.29. The summed E-state index contributed by atoms with van der Waals surface area (Å²) >= 11 is 5.91. The van der Waals surface area contributed by atoms with Gasteiger partial charge in [0.1, 0.15) is 5.15 Å². The lowest BCUT2D eigenvalue weighted by Gasteiger charge is -2.35. The maximum absolute atomic E-state index is 13.4. The third kappa shape index (κ3) is 3.99. The Balaban J connectivity index is 1.75. The van der Waals surface area contributed by atoms with Gasteiger partial charge in [-0.25, -0.2) is 4.98 Å². The number of nitrogens with two attached hydrogens (primary N) is 1. The summed E-state index contributed by atoms with van der Waals surface area (Å²) in [7, 11) is 1.71. The highest BCUT2D eigenvalue weighted by Crippen LogP contribution is 2.31. The van der Waals surface area contributed by atoms with E-state index in [1.54, 1.807) is 24.2 Å². The molecule has 1 amide bonds. The standard InChI is InChI=1S/C23H24ClN3O3/c1-27(19-8-9-30-13-20(19)28)23(29)18-11-15(10-14-6-7-21(24)26-12-14)16-4-2-3-5-17(16)22(18)25/h2-7,11-12,19-20,28H,8-10,13,25H2,1H3/t19-,20-/m0/s1. The van der Waals surface area contributed by atoms with Crippen LogP contribution in [0.1, 0.15) is 27.9 Å². The minimum absolute atomic E-state index is 0.209. The number of pyridine rings is 1. The van der Waals surface area contributed by atoms with E-state index < -0.39 is 6.10 Å². The van der Waals surface area contributed by atoms with Gasteiger partial charge in [0.25, 0.3) is 5.91 Å². The average Bonchev–Trinajstić information content (AvgIpc) is 2.76. The molecule has 3 aromatic rings. The zero-order chi connectivity index (χ0) is 21.3. The van der Waals surface area contributed by atoms with Crippen LogP contribution >= 0.6 is 11.6 Å². The lowest BCUT2D eigenvalue weighted by Crippen LogP contribution is -2.49. The second-order valence-corrected chi connectivity index (χ2v) is 8.01. The molecule has 2 heterocycles. The Morgan fingerprint density at radius 1 is 1.30 bits per heavy atom. The molecule has 2 aromatic carbocycles. The summed E-state index contributed by atoms with van der Waals surface area (Å²) in [4.78, 5) is 19.1. The fraction of sp³-hybridized carbons (Fsp3) is 0.304. The number of hydrogen-bond acceptors (Lipinski definition) is 5. The Morgan fingerprint density at radius 3 is 2.77 bits per heavy atom. The maximum Gasteiger partial charge on any atom is 0.256 e. The number of amides is 1. The van der Waals surface area contributed by atoms with E-state index in [0.29, 0.717) is 35.9 Å². The average molecular weight is 426 g/mol. The number of carbonyl (C=O) groups is 1. The molecule has 0 radical (unpaired) electrons. The van der Waals surface area contributed by atoms with E-state index in [9.17, 15) is 9.90 Å². The van der Waals surface area contributed by atoms with Crippen molar-refractivity contribution in [2.75, 3.05) is 26.0 Å². The van der Waals surface area contributed by atoms with Gasteiger partial charge >= 0.3 is 0 Å². The molecular weight excluding hydrogens is 402 g/mol. The van der Waals surface area contributed by atoms with Crippen molar-refractivity contribution in [3.63, 3.8) is 0 Å². The maximum atomic E-state index is 13.4. The first-order valence-corrected chi connectivity index (χ1v) is 10.3. The molecule has 1 aliphatic rings. The molecule has 30 heavy (non-hydrogen) atoms. The summed E-state index contributed by atoms with van der Waals surface area (Å²) in [6, 6.07) is 13.0. The SMILES string of the molecule is CN(C(=O)c1cc(Cc2ccc(Cl)nc2)c2ccccc2c1N)[C@H]1CCOC[C@@H]1O. The first kappa shape index (κ1) is 20.6. The molecule has 0 spiro atoms. The van der Waals surface area contributed by atoms with Gasteiger partial charge in [-0.1, -0.05) is 41.9 Å². The number of anilines is 1. The largest absolute Gasteiger partial charge is 0.398 e. The number of rotatable bonds is 4. The third-order valence-electron chi connectivity index (χ3n) is 5.69. The number of halogens is 1. The van der Waals surface area contributed by atoms with Crippen molar-refractivity contribution in [2.24, 2.45) is 0 Å². The van der Waals surface area contributed by atoms with E-state index >= 15 is 0 Å². The van der Waals surface area contributed by atoms with E-state index in [1.807, 2.05) is 36.4 Å². The second kappa shape index (κ2) is 8.60. The van der Waals surface area contributed by atoms with Crippen LogP contribution in [0.5, 0.6) is 0 Å². The van der Waals surface area contributed by atoms with Crippen LogP contribution in [-0.4, -0.2) is 53.3 Å². The Hall–Kier alpha value is -2.67. The molecule has 0 saturated carbocycles. The predicted molar refractivity (Wildman–Crippen MR) is 118 cm³/mol. The van der Waals surface area contributed by atoms with Gasteiger partial charge in [-0.15, -0.1) is 0 Å². The topological polar surface area (TPSA) is 88.7 Å². The lowest BCUT2D eigenvalue weighted by atomic mass is 9.93. The van der Waals surface area contributed by atoms with Crippen LogP contribution in [0.4, 0.5) is 5.69 Å². The number of nitrogen functional groups attached to an aromatic ring is 1. The molecule has 2 atom stereocenters. The fourth-order valence-electron chi connectivity index (χ4n) is 4.03. The van der Waals surface area contributed by atoms with Crippen LogP contribution in [0.25, 0.3) is 10.8 Å². The molecule has 1 aliphatic heterocycles. The number of fused-ring (bicyclic) bond motifs is 1. The molecule has 4 rings (SSSR count). The van der Waals surface area contributed by atoms with Crippen molar-refractivity contribution in [1.82, 2.24) is 9.88 Å². The van der Waals surface area contributed by atoms with Gasteiger partial charge < -0.3 is 20.5 Å². The predicted octanol–water partition coefficient (Wildman–Crippen LogP) is 3.28. The monoisotopic (exact) mass is 425 g/mol. The molecule has 0 aliphatic carbocycles. The van der Waals surface area contributed by atoms with Crippen LogP contribution in [0.3, 0.4) is 0 Å². The number of likely N-dealkylation sites (N-methyl/N-ethyl adjacent to an activating group) is 1. The van der Waals surface area contributed by atoms with Crippen LogP contribution in [0, 0.1) is 0 Å². The van der Waals surface area contributed by atoms with Crippen molar-refractivity contribution in [2.45, 2.75) is 25.0 Å². The molecule has 7 heteroatoms. The Morgan fingerprint density at radius 2 is 2.07 bits per heavy atom. The zero-order valence-corrected chi connectivity index (χ0v) is 17.5. The van der Waals surface area contributed by atoms with Crippen LogP contribution < -0.4 is 5.73 Å². The summed E-state index contributed by atoms with van der Waals surface area (Å²) in [5, 5.41) is 12.5. The van der Waals surface area contributed by atoms with Crippen LogP contribution in [0.2, 0.25) is 5.15 Å². The van der Waals surface area contributed by atoms with E-state index in [0.717, 1.165) is 21.9 Å². The second-order valence-electron chi connectivity index (χ2n) is 7.62. The van der Waals surface area contributed by atoms with Crippen molar-refractivity contribution in [1.29, 1.82) is 0 Å². The van der Waals surface area contributed by atoms with E-state index in [-0.39, 0.29) is 18.6 Å². The number of aliphatic hydroxyl groups excluding tert-OH is 1. The number of benzene rings is 2. The number of aliphatic hydroxyl groups is 1. The summed E-state index contributed by atoms with van der Waals surface area (Å²) < 4.78 is 5.29. The van der Waals surface area contributed by atoms with E-state index in [1.165, 1.54) is 0 Å². The normalized spacial score (nSPS) is 19.0. The molecule has 1 fully saturated rings. The molecule has 1 aromatic heterocycles. The van der Waals surface area contributed by atoms with Crippen molar-refractivity contribution < 1.29 is 14.6 Å². The van der Waals surface area contributed by atoms with Crippen LogP contribution in [-0.2, 0) is 11.2 Å². The van der Waals surface area contributed by atoms with Crippen molar-refractivity contribution in [3.05, 3.63) is 70.5 Å². The third-order valence-corrected chi connectivity index (χ3v) is 5.92.